The topological polar surface area (TPSA) is 41.6 Å². The lowest BCUT2D eigenvalue weighted by Crippen LogP contribution is -2.50. The predicted molar refractivity (Wildman–Crippen MR) is 80.0 cm³/mol. The van der Waals surface area contributed by atoms with E-state index in [1.54, 1.807) is 26.1 Å². The maximum absolute atomic E-state index is 11.8. The molecule has 1 amide bonds. The molecule has 1 aliphatic carbocycles. The first-order valence-electron chi connectivity index (χ1n) is 7.12. The van der Waals surface area contributed by atoms with Gasteiger partial charge < -0.3 is 15.0 Å². The van der Waals surface area contributed by atoms with Crippen molar-refractivity contribution in [3.8, 4) is 5.75 Å². The van der Waals surface area contributed by atoms with Gasteiger partial charge in [-0.1, -0.05) is 12.1 Å². The maximum Gasteiger partial charge on any atom is 0.238 e. The summed E-state index contributed by atoms with van der Waals surface area (Å²) in [5.74, 6) is 1.62. The number of carbonyl (C=O) groups excluding carboxylic acids is 1. The first-order chi connectivity index (χ1) is 9.51. The molecule has 110 valence electrons. The minimum absolute atomic E-state index is 0.110. The lowest BCUT2D eigenvalue weighted by molar-refractivity contribution is -0.130. The molecule has 20 heavy (non-hydrogen) atoms. The third kappa shape index (κ3) is 3.31. The van der Waals surface area contributed by atoms with Crippen molar-refractivity contribution in [3.63, 3.8) is 0 Å². The third-order valence-corrected chi connectivity index (χ3v) is 4.00. The minimum atomic E-state index is -0.110. The molecule has 1 unspecified atom stereocenters. The number of benzene rings is 1. The molecule has 1 aromatic rings. The van der Waals surface area contributed by atoms with Gasteiger partial charge in [-0.2, -0.15) is 0 Å². The van der Waals surface area contributed by atoms with Crippen molar-refractivity contribution in [2.24, 2.45) is 0 Å². The van der Waals surface area contributed by atoms with Crippen LogP contribution in [-0.4, -0.2) is 44.1 Å². The quantitative estimate of drug-likeness (QED) is 0.894. The average molecular weight is 276 g/mol. The highest BCUT2D eigenvalue weighted by Gasteiger charge is 2.32. The van der Waals surface area contributed by atoms with Crippen molar-refractivity contribution >= 4 is 5.91 Å². The molecule has 0 aromatic heterocycles. The van der Waals surface area contributed by atoms with E-state index in [-0.39, 0.29) is 11.9 Å². The molecule has 0 bridgehead atoms. The Balaban J connectivity index is 1.84. The standard InChI is InChI=1S/C16H24N2O2/c1-11(16(19)18(2)3)17-14-8-13(9-14)12-6-5-7-15(10-12)20-4/h5-7,10-11,13-14,17H,8-9H2,1-4H3. The molecule has 0 aliphatic heterocycles. The fourth-order valence-electron chi connectivity index (χ4n) is 2.73. The summed E-state index contributed by atoms with van der Waals surface area (Å²) >= 11 is 0. The van der Waals surface area contributed by atoms with Crippen LogP contribution in [0.5, 0.6) is 5.75 Å². The Labute approximate surface area is 121 Å². The first kappa shape index (κ1) is 14.9. The number of ether oxygens (including phenoxy) is 1. The summed E-state index contributed by atoms with van der Waals surface area (Å²) in [6.45, 7) is 1.93. The van der Waals surface area contributed by atoms with E-state index in [9.17, 15) is 4.79 Å². The van der Waals surface area contributed by atoms with Crippen LogP contribution >= 0.6 is 0 Å². The maximum atomic E-state index is 11.8. The summed E-state index contributed by atoms with van der Waals surface area (Å²) in [5.41, 5.74) is 1.33. The summed E-state index contributed by atoms with van der Waals surface area (Å²) < 4.78 is 5.26. The van der Waals surface area contributed by atoms with Crippen molar-refractivity contribution in [3.05, 3.63) is 29.8 Å². The number of amides is 1. The van der Waals surface area contributed by atoms with Crippen LogP contribution in [0.15, 0.2) is 24.3 Å². The Morgan fingerprint density at radius 1 is 1.40 bits per heavy atom. The van der Waals surface area contributed by atoms with E-state index in [1.165, 1.54) is 5.56 Å². The molecule has 1 N–H and O–H groups in total. The fourth-order valence-corrected chi connectivity index (χ4v) is 2.73. The van der Waals surface area contributed by atoms with Crippen molar-refractivity contribution < 1.29 is 9.53 Å². The van der Waals surface area contributed by atoms with E-state index in [4.69, 9.17) is 4.74 Å². The number of hydrogen-bond donors (Lipinski definition) is 1. The molecule has 1 atom stereocenters. The van der Waals surface area contributed by atoms with E-state index in [1.807, 2.05) is 19.1 Å². The van der Waals surface area contributed by atoms with Gasteiger partial charge in [-0.3, -0.25) is 4.79 Å². The van der Waals surface area contributed by atoms with Gasteiger partial charge in [0.15, 0.2) is 0 Å². The largest absolute Gasteiger partial charge is 0.497 e. The van der Waals surface area contributed by atoms with Gasteiger partial charge in [0.25, 0.3) is 0 Å². The van der Waals surface area contributed by atoms with E-state index >= 15 is 0 Å². The van der Waals surface area contributed by atoms with Gasteiger partial charge in [0, 0.05) is 20.1 Å². The molecule has 1 saturated carbocycles. The fraction of sp³-hybridized carbons (Fsp3) is 0.562. The molecule has 1 aliphatic rings. The zero-order valence-electron chi connectivity index (χ0n) is 12.7. The smallest absolute Gasteiger partial charge is 0.238 e. The Hall–Kier alpha value is -1.55. The number of methoxy groups -OCH3 is 1. The number of nitrogens with zero attached hydrogens (tertiary/aromatic N) is 1. The monoisotopic (exact) mass is 276 g/mol. The second-order valence-corrected chi connectivity index (χ2v) is 5.76. The normalized spacial score (nSPS) is 22.8. The molecule has 4 nitrogen and oxygen atoms in total. The Morgan fingerprint density at radius 3 is 2.70 bits per heavy atom. The number of likely N-dealkylation sites (N-methyl/N-ethyl adjacent to an activating group) is 1. The summed E-state index contributed by atoms with van der Waals surface area (Å²) in [5, 5.41) is 3.40. The van der Waals surface area contributed by atoms with Gasteiger partial charge in [0.1, 0.15) is 5.75 Å². The Bertz CT molecular complexity index is 467. The summed E-state index contributed by atoms with van der Waals surface area (Å²) in [6, 6.07) is 8.59. The van der Waals surface area contributed by atoms with Gasteiger partial charge in [0.05, 0.1) is 13.2 Å². The van der Waals surface area contributed by atoms with Crippen molar-refractivity contribution in [2.45, 2.75) is 37.8 Å². The summed E-state index contributed by atoms with van der Waals surface area (Å²) in [7, 11) is 5.28. The lowest BCUT2D eigenvalue weighted by Gasteiger charge is -2.38. The van der Waals surface area contributed by atoms with Crippen LogP contribution in [0, 0.1) is 0 Å². The van der Waals surface area contributed by atoms with Crippen LogP contribution in [0.4, 0.5) is 0 Å². The SMILES string of the molecule is COc1cccc(C2CC(NC(C)C(=O)N(C)C)C2)c1. The Kier molecular flexibility index (Phi) is 4.65. The zero-order chi connectivity index (χ0) is 14.7. The van der Waals surface area contributed by atoms with Gasteiger partial charge in [-0.25, -0.2) is 0 Å². The highest BCUT2D eigenvalue weighted by Crippen LogP contribution is 2.38. The lowest BCUT2D eigenvalue weighted by atomic mass is 9.75. The molecule has 1 fully saturated rings. The van der Waals surface area contributed by atoms with E-state index in [2.05, 4.69) is 17.4 Å². The Morgan fingerprint density at radius 2 is 2.10 bits per heavy atom. The van der Waals surface area contributed by atoms with Gasteiger partial charge in [-0.05, 0) is 43.4 Å². The number of rotatable bonds is 5. The highest BCUT2D eigenvalue weighted by atomic mass is 16.5. The van der Waals surface area contributed by atoms with Gasteiger partial charge in [-0.15, -0.1) is 0 Å². The second kappa shape index (κ2) is 6.27. The molecular weight excluding hydrogens is 252 g/mol. The van der Waals surface area contributed by atoms with Crippen LogP contribution in [0.1, 0.15) is 31.2 Å². The van der Waals surface area contributed by atoms with Gasteiger partial charge in [0.2, 0.25) is 5.91 Å². The molecule has 0 heterocycles. The van der Waals surface area contributed by atoms with E-state index in [0.717, 1.165) is 18.6 Å². The van der Waals surface area contributed by atoms with Crippen molar-refractivity contribution in [1.29, 1.82) is 0 Å². The summed E-state index contributed by atoms with van der Waals surface area (Å²) in [4.78, 5) is 13.4. The number of hydrogen-bond acceptors (Lipinski definition) is 3. The summed E-state index contributed by atoms with van der Waals surface area (Å²) in [6.07, 6.45) is 2.16. The van der Waals surface area contributed by atoms with Crippen LogP contribution in [-0.2, 0) is 4.79 Å². The van der Waals surface area contributed by atoms with E-state index in [0.29, 0.717) is 12.0 Å². The minimum Gasteiger partial charge on any atom is -0.497 e. The highest BCUT2D eigenvalue weighted by molar-refractivity contribution is 5.80. The molecule has 2 rings (SSSR count). The third-order valence-electron chi connectivity index (χ3n) is 4.00. The zero-order valence-corrected chi connectivity index (χ0v) is 12.7. The number of nitrogens with one attached hydrogen (secondary N) is 1. The molecule has 0 saturated heterocycles. The molecule has 0 spiro atoms. The van der Waals surface area contributed by atoms with Gasteiger partial charge >= 0.3 is 0 Å². The van der Waals surface area contributed by atoms with Crippen molar-refractivity contribution in [1.82, 2.24) is 10.2 Å². The molecule has 0 radical (unpaired) electrons. The van der Waals surface area contributed by atoms with Crippen LogP contribution in [0.2, 0.25) is 0 Å². The molecule has 1 aromatic carbocycles. The van der Waals surface area contributed by atoms with Crippen LogP contribution in [0.3, 0.4) is 0 Å². The predicted octanol–water partition coefficient (Wildman–Crippen LogP) is 2.01. The first-order valence-corrected chi connectivity index (χ1v) is 7.12. The number of carbonyl (C=O) groups is 1. The molecule has 4 heteroatoms. The van der Waals surface area contributed by atoms with Crippen LogP contribution in [0.25, 0.3) is 0 Å². The second-order valence-electron chi connectivity index (χ2n) is 5.76. The van der Waals surface area contributed by atoms with E-state index < -0.39 is 0 Å². The van der Waals surface area contributed by atoms with Crippen LogP contribution < -0.4 is 10.1 Å². The van der Waals surface area contributed by atoms with Crippen molar-refractivity contribution in [2.75, 3.05) is 21.2 Å². The average Bonchev–Trinajstić information content (AvgIpc) is 2.41. The molecular formula is C16H24N2O2.